The van der Waals surface area contributed by atoms with Gasteiger partial charge in [0.05, 0.1) is 5.69 Å². The third-order valence-corrected chi connectivity index (χ3v) is 5.90. The zero-order valence-corrected chi connectivity index (χ0v) is 13.0. The lowest BCUT2D eigenvalue weighted by atomic mass is 9.96. The van der Waals surface area contributed by atoms with E-state index in [1.54, 1.807) is 35.4 Å². The fraction of sp³-hybridized carbons (Fsp3) is 0.538. The van der Waals surface area contributed by atoms with Crippen molar-refractivity contribution in [2.75, 3.05) is 13.1 Å². The Labute approximate surface area is 124 Å². The van der Waals surface area contributed by atoms with Crippen LogP contribution in [0.15, 0.2) is 23.4 Å². The van der Waals surface area contributed by atoms with Crippen molar-refractivity contribution in [3.8, 4) is 0 Å². The van der Waals surface area contributed by atoms with E-state index in [4.69, 9.17) is 0 Å². The molecule has 1 aliphatic heterocycles. The number of hydrogen-bond acceptors (Lipinski definition) is 4. The molecule has 0 bridgehead atoms. The van der Waals surface area contributed by atoms with Crippen molar-refractivity contribution in [3.05, 3.63) is 29.8 Å². The maximum atomic E-state index is 12.8. The van der Waals surface area contributed by atoms with E-state index in [2.05, 4.69) is 15.3 Å². The van der Waals surface area contributed by atoms with E-state index in [9.17, 15) is 8.42 Å². The van der Waals surface area contributed by atoms with Crippen molar-refractivity contribution in [3.63, 3.8) is 0 Å². The van der Waals surface area contributed by atoms with Crippen molar-refractivity contribution in [2.45, 2.75) is 30.6 Å². The molecule has 1 aliphatic rings. The molecule has 0 amide bonds. The molecule has 3 rings (SSSR count). The second-order valence-electron chi connectivity index (χ2n) is 5.47. The standard InChI is InChI=1S/C13H19N5O2S/c1-10-13(9-17(2)16-10)21(19,20)18-7-3-4-11(8-18)12-5-6-14-15-12/h5-6,9,11H,3-4,7-8H2,1-2H3,(H,14,15)/t11-/m0/s1. The minimum Gasteiger partial charge on any atom is -0.282 e. The largest absolute Gasteiger partial charge is 0.282 e. The van der Waals surface area contributed by atoms with Gasteiger partial charge < -0.3 is 0 Å². The van der Waals surface area contributed by atoms with E-state index in [-0.39, 0.29) is 5.92 Å². The fourth-order valence-electron chi connectivity index (χ4n) is 2.88. The quantitative estimate of drug-likeness (QED) is 0.917. The van der Waals surface area contributed by atoms with Crippen LogP contribution in [0.2, 0.25) is 0 Å². The van der Waals surface area contributed by atoms with Crippen LogP contribution in [0.4, 0.5) is 0 Å². The van der Waals surface area contributed by atoms with E-state index < -0.39 is 10.0 Å². The Morgan fingerprint density at radius 2 is 2.24 bits per heavy atom. The van der Waals surface area contributed by atoms with Gasteiger partial charge in [0, 0.05) is 44.1 Å². The van der Waals surface area contributed by atoms with Crippen molar-refractivity contribution in [1.29, 1.82) is 0 Å². The summed E-state index contributed by atoms with van der Waals surface area (Å²) < 4.78 is 28.7. The van der Waals surface area contributed by atoms with Crippen LogP contribution in [-0.4, -0.2) is 45.8 Å². The first kappa shape index (κ1) is 14.3. The number of aryl methyl sites for hydroxylation is 2. The molecule has 0 saturated carbocycles. The van der Waals surface area contributed by atoms with E-state index in [1.807, 2.05) is 6.07 Å². The van der Waals surface area contributed by atoms with Gasteiger partial charge in [0.2, 0.25) is 10.0 Å². The molecule has 0 aliphatic carbocycles. The van der Waals surface area contributed by atoms with Gasteiger partial charge in [0.25, 0.3) is 0 Å². The Bertz CT molecular complexity index is 720. The summed E-state index contributed by atoms with van der Waals surface area (Å²) in [4.78, 5) is 0.301. The van der Waals surface area contributed by atoms with Gasteiger partial charge in [0.15, 0.2) is 0 Å². The Morgan fingerprint density at radius 3 is 2.86 bits per heavy atom. The number of aromatic amines is 1. The van der Waals surface area contributed by atoms with Gasteiger partial charge in [-0.05, 0) is 25.8 Å². The highest BCUT2D eigenvalue weighted by atomic mass is 32.2. The minimum atomic E-state index is -3.48. The first-order valence-electron chi connectivity index (χ1n) is 6.98. The number of aromatic nitrogens is 4. The monoisotopic (exact) mass is 309 g/mol. The molecule has 7 nitrogen and oxygen atoms in total. The molecule has 0 spiro atoms. The van der Waals surface area contributed by atoms with Crippen LogP contribution in [0.5, 0.6) is 0 Å². The summed E-state index contributed by atoms with van der Waals surface area (Å²) in [6.07, 6.45) is 5.10. The van der Waals surface area contributed by atoms with Crippen LogP contribution in [0.1, 0.15) is 30.1 Å². The average Bonchev–Trinajstić information content (AvgIpc) is 3.09. The molecule has 0 radical (unpaired) electrons. The van der Waals surface area contributed by atoms with E-state index in [1.165, 1.54) is 0 Å². The summed E-state index contributed by atoms with van der Waals surface area (Å²) in [5, 5.41) is 11.0. The van der Waals surface area contributed by atoms with Gasteiger partial charge in [-0.1, -0.05) is 0 Å². The normalized spacial score (nSPS) is 20.8. The molecule has 21 heavy (non-hydrogen) atoms. The molecule has 1 saturated heterocycles. The topological polar surface area (TPSA) is 83.9 Å². The van der Waals surface area contributed by atoms with Crippen molar-refractivity contribution >= 4 is 10.0 Å². The van der Waals surface area contributed by atoms with E-state index in [0.29, 0.717) is 23.7 Å². The molecular formula is C13H19N5O2S. The number of H-pyrrole nitrogens is 1. The van der Waals surface area contributed by atoms with Crippen molar-refractivity contribution < 1.29 is 8.42 Å². The zero-order chi connectivity index (χ0) is 15.0. The van der Waals surface area contributed by atoms with Gasteiger partial charge in [-0.25, -0.2) is 8.42 Å². The Balaban J connectivity index is 1.87. The average molecular weight is 309 g/mol. The zero-order valence-electron chi connectivity index (χ0n) is 12.2. The van der Waals surface area contributed by atoms with E-state index in [0.717, 1.165) is 18.5 Å². The highest BCUT2D eigenvalue weighted by molar-refractivity contribution is 7.89. The fourth-order valence-corrected chi connectivity index (χ4v) is 4.60. The minimum absolute atomic E-state index is 0.174. The first-order chi connectivity index (χ1) is 9.98. The summed E-state index contributed by atoms with van der Waals surface area (Å²) >= 11 is 0. The molecular weight excluding hydrogens is 290 g/mol. The summed E-state index contributed by atoms with van der Waals surface area (Å²) in [6.45, 7) is 2.77. The van der Waals surface area contributed by atoms with Crippen LogP contribution in [0.3, 0.4) is 0 Å². The molecule has 114 valence electrons. The third kappa shape index (κ3) is 2.60. The maximum Gasteiger partial charge on any atom is 0.246 e. The second-order valence-corrected chi connectivity index (χ2v) is 7.37. The lowest BCUT2D eigenvalue weighted by Crippen LogP contribution is -2.39. The maximum absolute atomic E-state index is 12.8. The van der Waals surface area contributed by atoms with Gasteiger partial charge in [0.1, 0.15) is 4.90 Å². The number of nitrogens with zero attached hydrogens (tertiary/aromatic N) is 4. The predicted molar refractivity (Wildman–Crippen MR) is 77.3 cm³/mol. The van der Waals surface area contributed by atoms with Gasteiger partial charge in [-0.3, -0.25) is 9.78 Å². The van der Waals surface area contributed by atoms with Crippen LogP contribution < -0.4 is 0 Å². The van der Waals surface area contributed by atoms with Gasteiger partial charge in [-0.2, -0.15) is 14.5 Å². The van der Waals surface area contributed by atoms with Gasteiger partial charge in [-0.15, -0.1) is 0 Å². The first-order valence-corrected chi connectivity index (χ1v) is 8.42. The number of sulfonamides is 1. The molecule has 0 unspecified atom stereocenters. The van der Waals surface area contributed by atoms with E-state index >= 15 is 0 Å². The molecule has 1 fully saturated rings. The van der Waals surface area contributed by atoms with Crippen LogP contribution in [-0.2, 0) is 17.1 Å². The highest BCUT2D eigenvalue weighted by Gasteiger charge is 2.33. The molecule has 1 atom stereocenters. The molecule has 2 aromatic heterocycles. The SMILES string of the molecule is Cc1nn(C)cc1S(=O)(=O)N1CCC[C@H](c2ccn[nH]2)C1. The molecule has 3 heterocycles. The molecule has 8 heteroatoms. The summed E-state index contributed by atoms with van der Waals surface area (Å²) in [7, 11) is -1.75. The highest BCUT2D eigenvalue weighted by Crippen LogP contribution is 2.29. The number of rotatable bonds is 3. The molecule has 0 aromatic carbocycles. The van der Waals surface area contributed by atoms with Crippen molar-refractivity contribution in [1.82, 2.24) is 24.3 Å². The van der Waals surface area contributed by atoms with Crippen LogP contribution in [0, 0.1) is 6.92 Å². The molecule has 2 aromatic rings. The smallest absolute Gasteiger partial charge is 0.246 e. The lowest BCUT2D eigenvalue weighted by Gasteiger charge is -2.31. The second kappa shape index (κ2) is 5.27. The predicted octanol–water partition coefficient (Wildman–Crippen LogP) is 1.02. The summed E-state index contributed by atoms with van der Waals surface area (Å²) in [5.41, 5.74) is 1.54. The Hall–Kier alpha value is -1.67. The third-order valence-electron chi connectivity index (χ3n) is 3.93. The Morgan fingerprint density at radius 1 is 1.43 bits per heavy atom. The summed E-state index contributed by atoms with van der Waals surface area (Å²) in [6, 6.07) is 1.91. The number of nitrogens with one attached hydrogen (secondary N) is 1. The Kier molecular flexibility index (Phi) is 3.58. The number of piperidine rings is 1. The van der Waals surface area contributed by atoms with Crippen LogP contribution >= 0.6 is 0 Å². The van der Waals surface area contributed by atoms with Crippen molar-refractivity contribution in [2.24, 2.45) is 7.05 Å². The number of hydrogen-bond donors (Lipinski definition) is 1. The molecule has 1 N–H and O–H groups in total. The van der Waals surface area contributed by atoms with Crippen LogP contribution in [0.25, 0.3) is 0 Å². The summed E-state index contributed by atoms with van der Waals surface area (Å²) in [5.74, 6) is 0.174. The van der Waals surface area contributed by atoms with Gasteiger partial charge >= 0.3 is 0 Å². The lowest BCUT2D eigenvalue weighted by molar-refractivity contribution is 0.312.